The number of halogens is 2. The van der Waals surface area contributed by atoms with Crippen LogP contribution in [0.3, 0.4) is 0 Å². The number of carbonyl (C=O) groups is 1. The zero-order valence-electron chi connectivity index (χ0n) is 14.2. The second kappa shape index (κ2) is 7.71. The Labute approximate surface area is 145 Å². The molecular weight excluding hydrogens is 326 g/mol. The molecule has 1 amide bonds. The highest BCUT2D eigenvalue weighted by atomic mass is 19.2. The van der Waals surface area contributed by atoms with Crippen LogP contribution >= 0.6 is 0 Å². The lowest BCUT2D eigenvalue weighted by molar-refractivity contribution is -0.130. The fourth-order valence-electron chi connectivity index (χ4n) is 2.29. The molecule has 1 aromatic heterocycles. The Bertz CT molecular complexity index is 802. The van der Waals surface area contributed by atoms with Crippen molar-refractivity contribution >= 4 is 11.7 Å². The van der Waals surface area contributed by atoms with Gasteiger partial charge in [-0.3, -0.25) is 4.79 Å². The molecule has 0 N–H and O–H groups in total. The number of hydrogen-bond donors (Lipinski definition) is 0. The second-order valence-electron chi connectivity index (χ2n) is 5.73. The van der Waals surface area contributed by atoms with Gasteiger partial charge in [0.2, 0.25) is 5.91 Å². The van der Waals surface area contributed by atoms with Gasteiger partial charge in [-0.25, -0.2) is 13.8 Å². The van der Waals surface area contributed by atoms with Crippen molar-refractivity contribution in [1.82, 2.24) is 9.88 Å². The van der Waals surface area contributed by atoms with Gasteiger partial charge < -0.3 is 9.80 Å². The highest BCUT2D eigenvalue weighted by Gasteiger charge is 2.20. The van der Waals surface area contributed by atoms with Crippen molar-refractivity contribution in [1.29, 1.82) is 5.26 Å². The third kappa shape index (κ3) is 4.29. The molecule has 0 radical (unpaired) electrons. The Morgan fingerprint density at radius 1 is 1.24 bits per heavy atom. The van der Waals surface area contributed by atoms with Crippen LogP contribution in [0.25, 0.3) is 0 Å². The molecule has 0 aliphatic heterocycles. The normalized spacial score (nSPS) is 11.5. The smallest absolute Gasteiger partial charge is 0.242 e. The minimum absolute atomic E-state index is 0.0589. The zero-order valence-corrected chi connectivity index (χ0v) is 14.2. The molecule has 0 unspecified atom stereocenters. The van der Waals surface area contributed by atoms with E-state index in [1.165, 1.54) is 17.2 Å². The van der Waals surface area contributed by atoms with Gasteiger partial charge in [0.25, 0.3) is 0 Å². The minimum atomic E-state index is -0.941. The average molecular weight is 344 g/mol. The summed E-state index contributed by atoms with van der Waals surface area (Å²) in [5, 5.41) is 8.78. The molecule has 0 bridgehead atoms. The number of anilines is 1. The van der Waals surface area contributed by atoms with E-state index in [0.29, 0.717) is 16.9 Å². The number of hydrogen-bond acceptors (Lipinski definition) is 4. The number of benzene rings is 1. The number of nitriles is 1. The minimum Gasteiger partial charge on any atom is -0.350 e. The summed E-state index contributed by atoms with van der Waals surface area (Å²) < 4.78 is 26.4. The molecule has 0 fully saturated rings. The van der Waals surface area contributed by atoms with Gasteiger partial charge in [-0.15, -0.1) is 0 Å². The van der Waals surface area contributed by atoms with E-state index in [4.69, 9.17) is 5.26 Å². The summed E-state index contributed by atoms with van der Waals surface area (Å²) in [5.41, 5.74) is 0.946. The van der Waals surface area contributed by atoms with Crippen LogP contribution in [0.5, 0.6) is 0 Å². The lowest BCUT2D eigenvalue weighted by Gasteiger charge is -2.28. The topological polar surface area (TPSA) is 60.2 Å². The van der Waals surface area contributed by atoms with Gasteiger partial charge in [0.15, 0.2) is 11.6 Å². The van der Waals surface area contributed by atoms with Crippen molar-refractivity contribution in [2.24, 2.45) is 0 Å². The van der Waals surface area contributed by atoms with E-state index < -0.39 is 17.7 Å². The van der Waals surface area contributed by atoms with Gasteiger partial charge in [0.1, 0.15) is 11.9 Å². The molecule has 0 spiro atoms. The molecule has 1 atom stereocenters. The molecule has 1 heterocycles. The van der Waals surface area contributed by atoms with Crippen molar-refractivity contribution in [3.05, 3.63) is 59.3 Å². The first-order valence-corrected chi connectivity index (χ1v) is 7.61. The van der Waals surface area contributed by atoms with Crippen LogP contribution in [0.1, 0.15) is 24.1 Å². The first-order chi connectivity index (χ1) is 11.8. The second-order valence-corrected chi connectivity index (χ2v) is 5.73. The van der Waals surface area contributed by atoms with Crippen molar-refractivity contribution in [3.8, 4) is 6.07 Å². The highest BCUT2D eigenvalue weighted by Crippen LogP contribution is 2.21. The summed E-state index contributed by atoms with van der Waals surface area (Å²) in [6.07, 6.45) is 1.43. The molecule has 2 rings (SSSR count). The number of carbonyl (C=O) groups excluding carboxylic acids is 1. The van der Waals surface area contributed by atoms with E-state index in [1.807, 2.05) is 6.07 Å². The maximum Gasteiger partial charge on any atom is 0.242 e. The van der Waals surface area contributed by atoms with Crippen LogP contribution in [-0.4, -0.2) is 36.4 Å². The molecule has 7 heteroatoms. The first-order valence-electron chi connectivity index (χ1n) is 7.61. The summed E-state index contributed by atoms with van der Waals surface area (Å²) >= 11 is 0. The zero-order chi connectivity index (χ0) is 18.6. The third-order valence-corrected chi connectivity index (χ3v) is 4.04. The first kappa shape index (κ1) is 18.3. The van der Waals surface area contributed by atoms with E-state index in [-0.39, 0.29) is 12.5 Å². The van der Waals surface area contributed by atoms with Gasteiger partial charge in [-0.05, 0) is 36.8 Å². The molecular formula is C18H18F2N4O. The lowest BCUT2D eigenvalue weighted by atomic mass is 10.1. The molecule has 1 aromatic carbocycles. The molecule has 0 aliphatic carbocycles. The summed E-state index contributed by atoms with van der Waals surface area (Å²) in [7, 11) is 3.32. The van der Waals surface area contributed by atoms with Crippen molar-refractivity contribution in [3.63, 3.8) is 0 Å². The van der Waals surface area contributed by atoms with Gasteiger partial charge in [-0.2, -0.15) is 5.26 Å². The predicted octanol–water partition coefficient (Wildman–Crippen LogP) is 2.89. The summed E-state index contributed by atoms with van der Waals surface area (Å²) in [5.74, 6) is -1.51. The van der Waals surface area contributed by atoms with Crippen molar-refractivity contribution in [2.75, 3.05) is 25.5 Å². The molecule has 130 valence electrons. The molecule has 0 saturated heterocycles. The Balaban J connectivity index is 2.05. The molecule has 0 saturated carbocycles. The van der Waals surface area contributed by atoms with E-state index in [9.17, 15) is 13.6 Å². The molecule has 5 nitrogen and oxygen atoms in total. The fourth-order valence-corrected chi connectivity index (χ4v) is 2.29. The van der Waals surface area contributed by atoms with Crippen LogP contribution in [-0.2, 0) is 4.79 Å². The van der Waals surface area contributed by atoms with Gasteiger partial charge >= 0.3 is 0 Å². The Kier molecular flexibility index (Phi) is 5.65. The number of amides is 1. The van der Waals surface area contributed by atoms with Crippen LogP contribution in [0, 0.1) is 23.0 Å². The van der Waals surface area contributed by atoms with E-state index in [0.717, 1.165) is 12.1 Å². The quantitative estimate of drug-likeness (QED) is 0.837. The van der Waals surface area contributed by atoms with Gasteiger partial charge in [0.05, 0.1) is 18.2 Å². The summed E-state index contributed by atoms with van der Waals surface area (Å²) in [6.45, 7) is 1.80. The highest BCUT2D eigenvalue weighted by molar-refractivity contribution is 5.81. The standard InChI is InChI=1S/C18H18F2N4O/c1-12(14-5-6-15(19)16(20)8-14)24(3)18(25)11-23(2)17-7-4-13(9-21)10-22-17/h4-8,10,12H,11H2,1-3H3/t12-/m0/s1. The maximum atomic E-state index is 13.4. The summed E-state index contributed by atoms with van der Waals surface area (Å²) in [6, 6.07) is 8.45. The van der Waals surface area contributed by atoms with Gasteiger partial charge in [-0.1, -0.05) is 6.07 Å². The fraction of sp³-hybridized carbons (Fsp3) is 0.278. The molecule has 0 aliphatic rings. The van der Waals surface area contributed by atoms with Crippen LogP contribution < -0.4 is 4.90 Å². The largest absolute Gasteiger partial charge is 0.350 e. The summed E-state index contributed by atoms with van der Waals surface area (Å²) in [4.78, 5) is 19.7. The monoisotopic (exact) mass is 344 g/mol. The van der Waals surface area contributed by atoms with E-state index in [1.54, 1.807) is 38.1 Å². The SMILES string of the molecule is C[C@@H](c1ccc(F)c(F)c1)N(C)C(=O)CN(C)c1ccc(C#N)cn1. The van der Waals surface area contributed by atoms with E-state index in [2.05, 4.69) is 4.98 Å². The molecule has 2 aromatic rings. The number of nitrogens with zero attached hydrogens (tertiary/aromatic N) is 4. The van der Waals surface area contributed by atoms with Crippen LogP contribution in [0.4, 0.5) is 14.6 Å². The third-order valence-electron chi connectivity index (χ3n) is 4.04. The average Bonchev–Trinajstić information content (AvgIpc) is 2.62. The predicted molar refractivity (Wildman–Crippen MR) is 89.8 cm³/mol. The number of pyridine rings is 1. The maximum absolute atomic E-state index is 13.4. The Hall–Kier alpha value is -3.01. The Morgan fingerprint density at radius 2 is 1.96 bits per heavy atom. The van der Waals surface area contributed by atoms with Crippen LogP contribution in [0.15, 0.2) is 36.5 Å². The van der Waals surface area contributed by atoms with Crippen molar-refractivity contribution < 1.29 is 13.6 Å². The van der Waals surface area contributed by atoms with Gasteiger partial charge in [0, 0.05) is 20.3 Å². The number of rotatable bonds is 5. The Morgan fingerprint density at radius 3 is 2.52 bits per heavy atom. The molecule has 25 heavy (non-hydrogen) atoms. The van der Waals surface area contributed by atoms with Crippen LogP contribution in [0.2, 0.25) is 0 Å². The van der Waals surface area contributed by atoms with E-state index >= 15 is 0 Å². The number of aromatic nitrogens is 1. The van der Waals surface area contributed by atoms with Crippen molar-refractivity contribution in [2.45, 2.75) is 13.0 Å². The lowest BCUT2D eigenvalue weighted by Crippen LogP contribution is -2.38. The number of likely N-dealkylation sites (N-methyl/N-ethyl adjacent to an activating group) is 2.